The average molecular weight is 385 g/mol. The van der Waals surface area contributed by atoms with Crippen LogP contribution in [0.4, 0.5) is 5.69 Å². The summed E-state index contributed by atoms with van der Waals surface area (Å²) in [6, 6.07) is 7.42. The van der Waals surface area contributed by atoms with Crippen LogP contribution in [0.25, 0.3) is 10.9 Å². The van der Waals surface area contributed by atoms with E-state index in [4.69, 9.17) is 0 Å². The molecule has 8 heteroatoms. The summed E-state index contributed by atoms with van der Waals surface area (Å²) in [7, 11) is 0. The number of fused-ring (bicyclic) bond motifs is 1. The van der Waals surface area contributed by atoms with Crippen molar-refractivity contribution in [3.8, 4) is 5.75 Å². The van der Waals surface area contributed by atoms with E-state index in [0.29, 0.717) is 6.42 Å². The highest BCUT2D eigenvalue weighted by atomic mass is 32.1. The number of unbranched alkanes of at least 4 members (excludes halogenated alkanes) is 1. The lowest BCUT2D eigenvalue weighted by Crippen LogP contribution is -2.28. The predicted molar refractivity (Wildman–Crippen MR) is 104 cm³/mol. The SMILES string of the molecule is CCCCC(=O)N[C@@H](c1cccs1)c1cc([N+](=O)[O-])c2cccnc2c1O. The fraction of sp³-hybridized carbons (Fsp3) is 0.263. The lowest BCUT2D eigenvalue weighted by atomic mass is 9.99. The Morgan fingerprint density at radius 3 is 2.89 bits per heavy atom. The van der Waals surface area contributed by atoms with Crippen molar-refractivity contribution in [2.75, 3.05) is 0 Å². The molecule has 3 rings (SSSR count). The molecule has 140 valence electrons. The first-order valence-corrected chi connectivity index (χ1v) is 9.48. The average Bonchev–Trinajstić information content (AvgIpc) is 3.19. The number of aromatic hydroxyl groups is 1. The Morgan fingerprint density at radius 1 is 1.41 bits per heavy atom. The van der Waals surface area contributed by atoms with Gasteiger partial charge in [0.25, 0.3) is 5.69 Å². The Labute approximate surface area is 159 Å². The van der Waals surface area contributed by atoms with Gasteiger partial charge in [-0.2, -0.15) is 0 Å². The zero-order valence-electron chi connectivity index (χ0n) is 14.7. The predicted octanol–water partition coefficient (Wildman–Crippen LogP) is 4.31. The van der Waals surface area contributed by atoms with Gasteiger partial charge >= 0.3 is 0 Å². The van der Waals surface area contributed by atoms with Crippen molar-refractivity contribution in [1.29, 1.82) is 0 Å². The van der Waals surface area contributed by atoms with Crippen LogP contribution in [0, 0.1) is 10.1 Å². The van der Waals surface area contributed by atoms with Crippen LogP contribution in [0.3, 0.4) is 0 Å². The van der Waals surface area contributed by atoms with Crippen molar-refractivity contribution in [3.63, 3.8) is 0 Å². The molecule has 0 aliphatic rings. The number of carbonyl (C=O) groups excluding carboxylic acids is 1. The van der Waals surface area contributed by atoms with Crippen LogP contribution in [0.2, 0.25) is 0 Å². The number of nitrogens with zero attached hydrogens (tertiary/aromatic N) is 2. The van der Waals surface area contributed by atoms with Gasteiger partial charge in [0.15, 0.2) is 0 Å². The van der Waals surface area contributed by atoms with Crippen molar-refractivity contribution >= 4 is 33.8 Å². The largest absolute Gasteiger partial charge is 0.505 e. The van der Waals surface area contributed by atoms with Gasteiger partial charge < -0.3 is 10.4 Å². The van der Waals surface area contributed by atoms with Gasteiger partial charge in [0, 0.05) is 29.1 Å². The molecule has 0 aliphatic carbocycles. The van der Waals surface area contributed by atoms with Gasteiger partial charge in [-0.3, -0.25) is 19.9 Å². The van der Waals surface area contributed by atoms with Crippen molar-refractivity contribution in [1.82, 2.24) is 10.3 Å². The molecule has 0 bridgehead atoms. The highest BCUT2D eigenvalue weighted by molar-refractivity contribution is 7.10. The third-order valence-corrected chi connectivity index (χ3v) is 5.21. The summed E-state index contributed by atoms with van der Waals surface area (Å²) in [5.41, 5.74) is 0.251. The number of phenolic OH excluding ortho intramolecular Hbond substituents is 1. The third kappa shape index (κ3) is 3.90. The standard InChI is InChI=1S/C19H19N3O4S/c1-2-3-8-16(23)21-17(15-7-5-10-27-15)13-11-14(22(25)26)12-6-4-9-20-18(12)19(13)24/h4-7,9-11,17,24H,2-3,8H2,1H3,(H,21,23)/t17-/m1/s1. The molecule has 0 radical (unpaired) electrons. The Hall–Kier alpha value is -3.00. The number of carbonyl (C=O) groups is 1. The second kappa shape index (κ2) is 8.13. The zero-order chi connectivity index (χ0) is 19.4. The number of nitro benzene ring substituents is 1. The molecule has 7 nitrogen and oxygen atoms in total. The maximum absolute atomic E-state index is 12.3. The summed E-state index contributed by atoms with van der Waals surface area (Å²) in [6.07, 6.45) is 3.45. The molecular formula is C19H19N3O4S. The summed E-state index contributed by atoms with van der Waals surface area (Å²) in [5, 5.41) is 27.4. The molecule has 2 aromatic heterocycles. The van der Waals surface area contributed by atoms with Crippen molar-refractivity contribution in [3.05, 3.63) is 62.5 Å². The Balaban J connectivity index is 2.14. The molecule has 0 aliphatic heterocycles. The van der Waals surface area contributed by atoms with Gasteiger partial charge in [0.2, 0.25) is 5.91 Å². The first kappa shape index (κ1) is 18.8. The molecule has 27 heavy (non-hydrogen) atoms. The number of phenols is 1. The molecule has 1 aromatic carbocycles. The number of amides is 1. The molecule has 0 unspecified atom stereocenters. The van der Waals surface area contributed by atoms with Crippen LogP contribution in [0.15, 0.2) is 41.9 Å². The van der Waals surface area contributed by atoms with E-state index in [1.165, 1.54) is 23.6 Å². The number of hydrogen-bond donors (Lipinski definition) is 2. The summed E-state index contributed by atoms with van der Waals surface area (Å²) in [5.74, 6) is -0.330. The van der Waals surface area contributed by atoms with E-state index in [1.807, 2.05) is 24.4 Å². The highest BCUT2D eigenvalue weighted by Gasteiger charge is 2.27. The fourth-order valence-corrected chi connectivity index (χ4v) is 3.72. The van der Waals surface area contributed by atoms with Crippen molar-refractivity contribution in [2.45, 2.75) is 32.2 Å². The maximum atomic E-state index is 12.3. The van der Waals surface area contributed by atoms with Gasteiger partial charge in [0.1, 0.15) is 11.3 Å². The summed E-state index contributed by atoms with van der Waals surface area (Å²) in [6.45, 7) is 1.99. The number of thiophene rings is 1. The molecule has 0 saturated heterocycles. The number of rotatable bonds is 7. The van der Waals surface area contributed by atoms with E-state index >= 15 is 0 Å². The van der Waals surface area contributed by atoms with Crippen LogP contribution in [0.5, 0.6) is 5.75 Å². The number of hydrogen-bond acceptors (Lipinski definition) is 6. The minimum absolute atomic E-state index is 0.145. The smallest absolute Gasteiger partial charge is 0.279 e. The zero-order valence-corrected chi connectivity index (χ0v) is 15.5. The van der Waals surface area contributed by atoms with Gasteiger partial charge in [-0.25, -0.2) is 0 Å². The number of nitrogens with one attached hydrogen (secondary N) is 1. The van der Waals surface area contributed by atoms with E-state index in [9.17, 15) is 20.0 Å². The number of pyridine rings is 1. The second-order valence-corrected chi connectivity index (χ2v) is 7.09. The second-order valence-electron chi connectivity index (χ2n) is 6.11. The van der Waals surface area contributed by atoms with Gasteiger partial charge in [-0.1, -0.05) is 19.4 Å². The van der Waals surface area contributed by atoms with Gasteiger partial charge in [-0.05, 0) is 30.0 Å². The normalized spacial score (nSPS) is 12.0. The molecule has 0 saturated carbocycles. The number of nitro groups is 1. The molecule has 1 atom stereocenters. The van der Waals surface area contributed by atoms with Gasteiger partial charge in [-0.15, -0.1) is 11.3 Å². The van der Waals surface area contributed by atoms with E-state index in [-0.39, 0.29) is 33.8 Å². The third-order valence-electron chi connectivity index (χ3n) is 4.27. The van der Waals surface area contributed by atoms with Crippen LogP contribution in [0.1, 0.15) is 42.7 Å². The van der Waals surface area contributed by atoms with Crippen LogP contribution in [-0.4, -0.2) is 20.9 Å². The molecule has 2 heterocycles. The first-order valence-electron chi connectivity index (χ1n) is 8.60. The van der Waals surface area contributed by atoms with Crippen LogP contribution < -0.4 is 5.32 Å². The molecule has 0 spiro atoms. The minimum atomic E-state index is -0.681. The van der Waals surface area contributed by atoms with Crippen LogP contribution >= 0.6 is 11.3 Å². The minimum Gasteiger partial charge on any atom is -0.505 e. The fourth-order valence-electron chi connectivity index (χ4n) is 2.93. The van der Waals surface area contributed by atoms with Crippen molar-refractivity contribution < 1.29 is 14.8 Å². The first-order chi connectivity index (χ1) is 13.0. The Morgan fingerprint density at radius 2 is 2.22 bits per heavy atom. The van der Waals surface area contributed by atoms with Crippen molar-refractivity contribution in [2.24, 2.45) is 0 Å². The maximum Gasteiger partial charge on any atom is 0.279 e. The molecule has 1 amide bonds. The number of aromatic nitrogens is 1. The molecular weight excluding hydrogens is 366 g/mol. The summed E-state index contributed by atoms with van der Waals surface area (Å²) in [4.78, 5) is 28.3. The lowest BCUT2D eigenvalue weighted by Gasteiger charge is -2.20. The Kier molecular flexibility index (Phi) is 5.66. The van der Waals surface area contributed by atoms with Gasteiger partial charge in [0.05, 0.1) is 16.4 Å². The molecule has 0 fully saturated rings. The van der Waals surface area contributed by atoms with E-state index in [1.54, 1.807) is 12.1 Å². The number of benzene rings is 1. The lowest BCUT2D eigenvalue weighted by molar-refractivity contribution is -0.383. The summed E-state index contributed by atoms with van der Waals surface area (Å²) >= 11 is 1.40. The Bertz CT molecular complexity index is 973. The quantitative estimate of drug-likeness (QED) is 0.466. The van der Waals surface area contributed by atoms with Crippen LogP contribution in [-0.2, 0) is 4.79 Å². The van der Waals surface area contributed by atoms with E-state index in [0.717, 1.165) is 17.7 Å². The monoisotopic (exact) mass is 385 g/mol. The molecule has 3 aromatic rings. The van der Waals surface area contributed by atoms with E-state index < -0.39 is 11.0 Å². The topological polar surface area (TPSA) is 105 Å². The van der Waals surface area contributed by atoms with E-state index in [2.05, 4.69) is 10.3 Å². The highest BCUT2D eigenvalue weighted by Crippen LogP contribution is 2.40. The summed E-state index contributed by atoms with van der Waals surface area (Å²) < 4.78 is 0. The molecule has 2 N–H and O–H groups in total. The number of non-ortho nitro benzene ring substituents is 1.